The average molecular weight is 296 g/mol. The fraction of sp³-hybridized carbons (Fsp3) is 0.263. The zero-order chi connectivity index (χ0) is 15.5. The van der Waals surface area contributed by atoms with Gasteiger partial charge in [-0.2, -0.15) is 0 Å². The normalized spacial score (nSPS) is 11.9. The highest BCUT2D eigenvalue weighted by Gasteiger charge is 2.15. The van der Waals surface area contributed by atoms with Crippen molar-refractivity contribution >= 4 is 31.1 Å². The monoisotopic (exact) mass is 295 g/mol. The molecule has 0 bridgehead atoms. The van der Waals surface area contributed by atoms with Crippen LogP contribution in [0.3, 0.4) is 0 Å². The lowest BCUT2D eigenvalue weighted by Crippen LogP contribution is -2.37. The highest BCUT2D eigenvalue weighted by molar-refractivity contribution is 6.88. The van der Waals surface area contributed by atoms with Gasteiger partial charge in [0.2, 0.25) is 0 Å². The van der Waals surface area contributed by atoms with E-state index in [1.807, 2.05) is 0 Å². The number of benzene rings is 2. The van der Waals surface area contributed by atoms with Gasteiger partial charge in [-0.1, -0.05) is 73.4 Å². The van der Waals surface area contributed by atoms with E-state index >= 15 is 0 Å². The fourth-order valence-electron chi connectivity index (χ4n) is 2.17. The Balaban J connectivity index is 2.10. The second-order valence-corrected chi connectivity index (χ2v) is 11.8. The summed E-state index contributed by atoms with van der Waals surface area (Å²) >= 11 is 0. The second kappa shape index (κ2) is 6.31. The highest BCUT2D eigenvalue weighted by Crippen LogP contribution is 2.14. The van der Waals surface area contributed by atoms with Crippen LogP contribution in [0.5, 0.6) is 0 Å². The summed E-state index contributed by atoms with van der Waals surface area (Å²) in [4.78, 5) is 2.11. The topological polar surface area (TPSA) is 3.24 Å². The molecule has 2 aromatic carbocycles. The number of nitrogens with zero attached hydrogens (tertiary/aromatic N) is 1. The fourth-order valence-corrected chi connectivity index (χ4v) is 3.34. The van der Waals surface area contributed by atoms with Crippen LogP contribution in [0.4, 0.5) is 5.69 Å². The predicted molar refractivity (Wildman–Crippen MR) is 99.1 cm³/mol. The molecule has 2 heteroatoms. The average Bonchev–Trinajstić information content (AvgIpc) is 2.45. The van der Waals surface area contributed by atoms with Gasteiger partial charge in [-0.3, -0.25) is 0 Å². The first-order valence-corrected chi connectivity index (χ1v) is 10.9. The van der Waals surface area contributed by atoms with Crippen LogP contribution < -0.4 is 10.1 Å². The van der Waals surface area contributed by atoms with E-state index in [4.69, 9.17) is 0 Å². The van der Waals surface area contributed by atoms with Gasteiger partial charge in [0, 0.05) is 19.8 Å². The molecule has 0 saturated heterocycles. The van der Waals surface area contributed by atoms with Crippen LogP contribution in [0, 0.1) is 0 Å². The minimum Gasteiger partial charge on any atom is -0.378 e. The molecule has 0 spiro atoms. The summed E-state index contributed by atoms with van der Waals surface area (Å²) < 4.78 is 0. The van der Waals surface area contributed by atoms with Gasteiger partial charge in [-0.05, 0) is 23.3 Å². The molecule has 0 aromatic heterocycles. The standard InChI is InChI=1S/C19H25NSi/c1-20(2)18-12-8-16(9-13-18)6-7-17-10-14-19(15-11-17)21(3,4)5/h6-15H,1-5H3/b7-6+. The van der Waals surface area contributed by atoms with E-state index in [0.29, 0.717) is 0 Å². The Bertz CT molecular complexity index is 602. The zero-order valence-electron chi connectivity index (χ0n) is 13.7. The van der Waals surface area contributed by atoms with Crippen molar-refractivity contribution in [2.75, 3.05) is 19.0 Å². The van der Waals surface area contributed by atoms with E-state index < -0.39 is 8.07 Å². The largest absolute Gasteiger partial charge is 0.378 e. The van der Waals surface area contributed by atoms with E-state index in [0.717, 1.165) is 0 Å². The van der Waals surface area contributed by atoms with Gasteiger partial charge < -0.3 is 4.90 Å². The number of hydrogen-bond acceptors (Lipinski definition) is 1. The molecule has 0 atom stereocenters. The first kappa shape index (κ1) is 15.6. The minimum atomic E-state index is -1.19. The Morgan fingerprint density at radius 3 is 1.52 bits per heavy atom. The lowest BCUT2D eigenvalue weighted by molar-refractivity contribution is 1.13. The van der Waals surface area contributed by atoms with E-state index in [-0.39, 0.29) is 0 Å². The molecular weight excluding hydrogens is 270 g/mol. The maximum atomic E-state index is 2.38. The summed E-state index contributed by atoms with van der Waals surface area (Å²) in [5, 5.41) is 1.51. The molecule has 0 unspecified atom stereocenters. The number of hydrogen-bond donors (Lipinski definition) is 0. The Kier molecular flexibility index (Phi) is 4.68. The summed E-state index contributed by atoms with van der Waals surface area (Å²) in [7, 11) is 2.93. The Morgan fingerprint density at radius 1 is 0.714 bits per heavy atom. The third-order valence-electron chi connectivity index (χ3n) is 3.65. The van der Waals surface area contributed by atoms with Gasteiger partial charge in [0.25, 0.3) is 0 Å². The quantitative estimate of drug-likeness (QED) is 0.594. The summed E-state index contributed by atoms with van der Waals surface area (Å²) in [5.41, 5.74) is 3.72. The molecule has 0 N–H and O–H groups in total. The van der Waals surface area contributed by atoms with Crippen molar-refractivity contribution < 1.29 is 0 Å². The molecule has 110 valence electrons. The van der Waals surface area contributed by atoms with Crippen LogP contribution in [0.2, 0.25) is 19.6 Å². The van der Waals surface area contributed by atoms with E-state index in [1.165, 1.54) is 22.0 Å². The molecule has 0 amide bonds. The van der Waals surface area contributed by atoms with E-state index in [2.05, 4.69) is 99.3 Å². The predicted octanol–water partition coefficient (Wildman–Crippen LogP) is 4.47. The molecule has 0 radical (unpaired) electrons. The summed E-state index contributed by atoms with van der Waals surface area (Å²) in [5.74, 6) is 0. The van der Waals surface area contributed by atoms with Crippen LogP contribution in [-0.4, -0.2) is 22.2 Å². The van der Waals surface area contributed by atoms with Crippen molar-refractivity contribution in [2.45, 2.75) is 19.6 Å². The van der Waals surface area contributed by atoms with Crippen LogP contribution >= 0.6 is 0 Å². The van der Waals surface area contributed by atoms with Crippen molar-refractivity contribution in [3.63, 3.8) is 0 Å². The van der Waals surface area contributed by atoms with Gasteiger partial charge in [0.1, 0.15) is 0 Å². The van der Waals surface area contributed by atoms with Crippen molar-refractivity contribution in [3.05, 3.63) is 59.7 Å². The molecule has 2 aromatic rings. The van der Waals surface area contributed by atoms with Crippen LogP contribution in [-0.2, 0) is 0 Å². The number of anilines is 1. The lowest BCUT2D eigenvalue weighted by atomic mass is 10.1. The second-order valence-electron chi connectivity index (χ2n) is 6.69. The molecular formula is C19H25NSi. The van der Waals surface area contributed by atoms with Crippen molar-refractivity contribution in [1.29, 1.82) is 0 Å². The third kappa shape index (κ3) is 4.33. The van der Waals surface area contributed by atoms with Crippen LogP contribution in [0.15, 0.2) is 48.5 Å². The smallest absolute Gasteiger partial charge is 0.0775 e. The van der Waals surface area contributed by atoms with E-state index in [9.17, 15) is 0 Å². The van der Waals surface area contributed by atoms with Gasteiger partial charge >= 0.3 is 0 Å². The molecule has 21 heavy (non-hydrogen) atoms. The molecule has 0 saturated carbocycles. The SMILES string of the molecule is CN(C)c1ccc(/C=C/c2ccc([Si](C)(C)C)cc2)cc1. The highest BCUT2D eigenvalue weighted by atomic mass is 28.3. The molecule has 1 nitrogen and oxygen atoms in total. The van der Waals surface area contributed by atoms with Crippen molar-refractivity contribution in [1.82, 2.24) is 0 Å². The van der Waals surface area contributed by atoms with Crippen molar-refractivity contribution in [3.8, 4) is 0 Å². The van der Waals surface area contributed by atoms with Gasteiger partial charge in [0.15, 0.2) is 0 Å². The van der Waals surface area contributed by atoms with Crippen LogP contribution in [0.1, 0.15) is 11.1 Å². The third-order valence-corrected chi connectivity index (χ3v) is 5.72. The summed E-state index contributed by atoms with van der Waals surface area (Å²) in [6, 6.07) is 17.6. The molecule has 0 aliphatic heterocycles. The van der Waals surface area contributed by atoms with Gasteiger partial charge in [-0.25, -0.2) is 0 Å². The first-order chi connectivity index (χ1) is 9.86. The van der Waals surface area contributed by atoms with Gasteiger partial charge in [-0.15, -0.1) is 0 Å². The summed E-state index contributed by atoms with van der Waals surface area (Å²) in [6.07, 6.45) is 4.35. The lowest BCUT2D eigenvalue weighted by Gasteiger charge is -2.16. The molecule has 0 aliphatic carbocycles. The zero-order valence-corrected chi connectivity index (χ0v) is 14.7. The Morgan fingerprint density at radius 2 is 1.14 bits per heavy atom. The maximum absolute atomic E-state index is 2.38. The number of rotatable bonds is 4. The summed E-state index contributed by atoms with van der Waals surface area (Å²) in [6.45, 7) is 7.14. The van der Waals surface area contributed by atoms with Crippen molar-refractivity contribution in [2.24, 2.45) is 0 Å². The molecule has 0 fully saturated rings. The molecule has 2 rings (SSSR count). The van der Waals surface area contributed by atoms with Crippen LogP contribution in [0.25, 0.3) is 12.2 Å². The first-order valence-electron chi connectivity index (χ1n) is 7.42. The Labute approximate surface area is 129 Å². The van der Waals surface area contributed by atoms with E-state index in [1.54, 1.807) is 0 Å². The molecule has 0 aliphatic rings. The maximum Gasteiger partial charge on any atom is 0.0775 e. The Hall–Kier alpha value is -1.80. The van der Waals surface area contributed by atoms with Gasteiger partial charge in [0.05, 0.1) is 8.07 Å². The minimum absolute atomic E-state index is 1.19. The molecule has 0 heterocycles.